The van der Waals surface area contributed by atoms with Crippen molar-refractivity contribution in [1.29, 1.82) is 0 Å². The Morgan fingerprint density at radius 3 is 2.69 bits per heavy atom. The Morgan fingerprint density at radius 1 is 1.54 bits per heavy atom. The molecule has 0 aliphatic rings. The summed E-state index contributed by atoms with van der Waals surface area (Å²) in [5.41, 5.74) is 1.33. The molecule has 0 unspecified atom stereocenters. The number of hydroxylamine groups is 2. The molecule has 3 nitrogen and oxygen atoms in total. The number of hydrogen-bond donors (Lipinski definition) is 1. The molecule has 0 radical (unpaired) electrons. The van der Waals surface area contributed by atoms with Crippen LogP contribution < -0.4 is 0 Å². The Kier molecular flexibility index (Phi) is 3.06. The monoisotopic (exact) mass is 243 g/mol. The van der Waals surface area contributed by atoms with Gasteiger partial charge in [0.05, 0.1) is 0 Å². The molecule has 1 aromatic rings. The van der Waals surface area contributed by atoms with E-state index in [1.54, 1.807) is 12.1 Å². The van der Waals surface area contributed by atoms with Crippen LogP contribution in [0.3, 0.4) is 0 Å². The second-order valence-corrected chi connectivity index (χ2v) is 3.60. The van der Waals surface area contributed by atoms with E-state index in [1.807, 2.05) is 13.0 Å². The largest absolute Gasteiger partial charge is 0.286 e. The molecule has 70 valence electrons. The molecule has 0 spiro atoms. The maximum absolute atomic E-state index is 11.4. The lowest BCUT2D eigenvalue weighted by atomic mass is 10.1. The Balaban J connectivity index is 3.15. The summed E-state index contributed by atoms with van der Waals surface area (Å²) in [5.74, 6) is -0.404. The average molecular weight is 244 g/mol. The van der Waals surface area contributed by atoms with Gasteiger partial charge < -0.3 is 0 Å². The van der Waals surface area contributed by atoms with Gasteiger partial charge in [-0.1, -0.05) is 22.0 Å². The van der Waals surface area contributed by atoms with E-state index in [9.17, 15) is 4.79 Å². The zero-order valence-corrected chi connectivity index (χ0v) is 9.00. The number of halogens is 1. The van der Waals surface area contributed by atoms with Crippen molar-refractivity contribution in [3.8, 4) is 0 Å². The Morgan fingerprint density at radius 2 is 2.15 bits per heavy atom. The van der Waals surface area contributed by atoms with Crippen LogP contribution in [0.25, 0.3) is 0 Å². The number of benzene rings is 1. The quantitative estimate of drug-likeness (QED) is 0.607. The van der Waals surface area contributed by atoms with Gasteiger partial charge in [-0.25, -0.2) is 5.06 Å². The first-order valence-electron chi connectivity index (χ1n) is 3.76. The lowest BCUT2D eigenvalue weighted by molar-refractivity contribution is -0.0375. The summed E-state index contributed by atoms with van der Waals surface area (Å²) in [5, 5.41) is 9.54. The van der Waals surface area contributed by atoms with Crippen LogP contribution in [0.4, 0.5) is 0 Å². The van der Waals surface area contributed by atoms with Gasteiger partial charge in [-0.05, 0) is 24.6 Å². The van der Waals surface area contributed by atoms with E-state index in [0.717, 1.165) is 10.0 Å². The normalized spacial score (nSPS) is 9.85. The molecule has 0 aliphatic carbocycles. The average Bonchev–Trinajstić information content (AvgIpc) is 2.08. The molecule has 0 atom stereocenters. The molecular formula is C9H10BrNO2. The number of hydrogen-bond acceptors (Lipinski definition) is 2. The van der Waals surface area contributed by atoms with E-state index in [2.05, 4.69) is 15.9 Å². The van der Waals surface area contributed by atoms with Crippen LogP contribution in [0.5, 0.6) is 0 Å². The first-order chi connectivity index (χ1) is 6.04. The van der Waals surface area contributed by atoms with Crippen LogP contribution in [0, 0.1) is 6.92 Å². The molecule has 0 aromatic heterocycles. The predicted molar refractivity (Wildman–Crippen MR) is 52.8 cm³/mol. The molecule has 1 aromatic carbocycles. The standard InChI is InChI=1S/C9H10BrNO2/c1-6-7(9(12)11(2)13)4-3-5-8(6)10/h3-5,13H,1-2H3. The van der Waals surface area contributed by atoms with Crippen molar-refractivity contribution >= 4 is 21.8 Å². The summed E-state index contributed by atoms with van der Waals surface area (Å²) in [6.07, 6.45) is 0. The van der Waals surface area contributed by atoms with Crippen LogP contribution in [0.2, 0.25) is 0 Å². The highest BCUT2D eigenvalue weighted by molar-refractivity contribution is 9.10. The fraction of sp³-hybridized carbons (Fsp3) is 0.222. The minimum atomic E-state index is -0.404. The number of carbonyl (C=O) groups excluding carboxylic acids is 1. The summed E-state index contributed by atoms with van der Waals surface area (Å²) in [6, 6.07) is 5.28. The van der Waals surface area contributed by atoms with Crippen LogP contribution in [0.1, 0.15) is 15.9 Å². The van der Waals surface area contributed by atoms with E-state index in [4.69, 9.17) is 5.21 Å². The van der Waals surface area contributed by atoms with Crippen molar-refractivity contribution in [1.82, 2.24) is 5.06 Å². The van der Waals surface area contributed by atoms with E-state index >= 15 is 0 Å². The van der Waals surface area contributed by atoms with Crippen LogP contribution in [0.15, 0.2) is 22.7 Å². The molecule has 0 saturated heterocycles. The highest BCUT2D eigenvalue weighted by Gasteiger charge is 2.12. The predicted octanol–water partition coefficient (Wildman–Crippen LogP) is 2.22. The van der Waals surface area contributed by atoms with Gasteiger partial charge in [0.1, 0.15) is 0 Å². The highest BCUT2D eigenvalue weighted by atomic mass is 79.9. The third-order valence-corrected chi connectivity index (χ3v) is 2.65. The molecule has 0 saturated carbocycles. The lowest BCUT2D eigenvalue weighted by Crippen LogP contribution is -2.23. The van der Waals surface area contributed by atoms with Crippen molar-refractivity contribution in [3.05, 3.63) is 33.8 Å². The van der Waals surface area contributed by atoms with Crippen molar-refractivity contribution in [2.24, 2.45) is 0 Å². The maximum atomic E-state index is 11.4. The van der Waals surface area contributed by atoms with Gasteiger partial charge in [0.15, 0.2) is 0 Å². The smallest absolute Gasteiger partial charge is 0.277 e. The molecule has 1 N–H and O–H groups in total. The number of carbonyl (C=O) groups is 1. The summed E-state index contributed by atoms with van der Waals surface area (Å²) in [6.45, 7) is 1.82. The third-order valence-electron chi connectivity index (χ3n) is 1.79. The minimum absolute atomic E-state index is 0.404. The number of nitrogens with zero attached hydrogens (tertiary/aromatic N) is 1. The molecule has 0 heterocycles. The van der Waals surface area contributed by atoms with Gasteiger partial charge in [-0.2, -0.15) is 0 Å². The molecule has 0 aliphatic heterocycles. The molecule has 1 amide bonds. The molecule has 13 heavy (non-hydrogen) atoms. The van der Waals surface area contributed by atoms with Gasteiger partial charge >= 0.3 is 0 Å². The van der Waals surface area contributed by atoms with E-state index in [-0.39, 0.29) is 0 Å². The SMILES string of the molecule is Cc1c(Br)cccc1C(=O)N(C)O. The molecule has 0 fully saturated rings. The minimum Gasteiger partial charge on any atom is -0.286 e. The van der Waals surface area contributed by atoms with E-state index < -0.39 is 5.91 Å². The zero-order valence-electron chi connectivity index (χ0n) is 7.41. The van der Waals surface area contributed by atoms with Crippen LogP contribution in [-0.2, 0) is 0 Å². The Bertz CT molecular complexity index is 336. The maximum Gasteiger partial charge on any atom is 0.277 e. The Labute approximate surface area is 85.1 Å². The van der Waals surface area contributed by atoms with Gasteiger partial charge in [0.25, 0.3) is 5.91 Å². The number of rotatable bonds is 1. The molecule has 4 heteroatoms. The molecular weight excluding hydrogens is 234 g/mol. The van der Waals surface area contributed by atoms with Crippen molar-refractivity contribution in [2.45, 2.75) is 6.92 Å². The summed E-state index contributed by atoms with van der Waals surface area (Å²) in [7, 11) is 1.31. The summed E-state index contributed by atoms with van der Waals surface area (Å²) in [4.78, 5) is 11.4. The summed E-state index contributed by atoms with van der Waals surface area (Å²) < 4.78 is 0.861. The molecule has 1 rings (SSSR count). The second kappa shape index (κ2) is 3.89. The van der Waals surface area contributed by atoms with Gasteiger partial charge in [0.2, 0.25) is 0 Å². The second-order valence-electron chi connectivity index (χ2n) is 2.74. The van der Waals surface area contributed by atoms with Crippen molar-refractivity contribution in [2.75, 3.05) is 7.05 Å². The lowest BCUT2D eigenvalue weighted by Gasteiger charge is -2.11. The third kappa shape index (κ3) is 2.08. The van der Waals surface area contributed by atoms with Gasteiger partial charge in [-0.3, -0.25) is 10.0 Å². The Hall–Kier alpha value is -0.870. The zero-order chi connectivity index (χ0) is 10.0. The fourth-order valence-corrected chi connectivity index (χ4v) is 1.38. The van der Waals surface area contributed by atoms with Crippen molar-refractivity contribution < 1.29 is 10.0 Å². The first kappa shape index (κ1) is 10.2. The topological polar surface area (TPSA) is 40.5 Å². The van der Waals surface area contributed by atoms with Gasteiger partial charge in [0, 0.05) is 17.1 Å². The highest BCUT2D eigenvalue weighted by Crippen LogP contribution is 2.19. The van der Waals surface area contributed by atoms with E-state index in [1.165, 1.54) is 7.05 Å². The van der Waals surface area contributed by atoms with E-state index in [0.29, 0.717) is 10.6 Å². The van der Waals surface area contributed by atoms with Crippen LogP contribution in [-0.4, -0.2) is 23.2 Å². The number of amides is 1. The molecule has 0 bridgehead atoms. The van der Waals surface area contributed by atoms with Crippen LogP contribution >= 0.6 is 15.9 Å². The first-order valence-corrected chi connectivity index (χ1v) is 4.55. The summed E-state index contributed by atoms with van der Waals surface area (Å²) >= 11 is 3.31. The fourth-order valence-electron chi connectivity index (χ4n) is 1.01. The van der Waals surface area contributed by atoms with Crippen molar-refractivity contribution in [3.63, 3.8) is 0 Å². The van der Waals surface area contributed by atoms with Gasteiger partial charge in [-0.15, -0.1) is 0 Å².